The number of alkyl halides is 4. The first-order chi connectivity index (χ1) is 9.68. The monoisotopic (exact) mass is 370 g/mol. The van der Waals surface area contributed by atoms with Crippen LogP contribution < -0.4 is 0 Å². The number of Topliss-reactive ketones (excluding diaryl/α,β-unsaturated/α-hetero) is 2. The molecular formula is C13H10Cl4O4. The van der Waals surface area contributed by atoms with Crippen molar-refractivity contribution in [2.75, 3.05) is 14.2 Å². The fourth-order valence-electron chi connectivity index (χ4n) is 6.37. The second kappa shape index (κ2) is 3.03. The van der Waals surface area contributed by atoms with E-state index in [9.17, 15) is 9.59 Å². The van der Waals surface area contributed by atoms with Gasteiger partial charge < -0.3 is 9.47 Å². The van der Waals surface area contributed by atoms with Crippen LogP contribution in [0.4, 0.5) is 0 Å². The molecule has 0 heterocycles. The maximum Gasteiger partial charge on any atom is 0.211 e. The van der Waals surface area contributed by atoms with E-state index < -0.39 is 49.0 Å². The molecule has 5 aliphatic rings. The van der Waals surface area contributed by atoms with Crippen LogP contribution in [0.3, 0.4) is 0 Å². The Morgan fingerprint density at radius 3 is 1.29 bits per heavy atom. The van der Waals surface area contributed by atoms with Gasteiger partial charge in [-0.3, -0.25) is 9.59 Å². The number of ketones is 2. The molecule has 2 bridgehead atoms. The molecule has 5 aliphatic carbocycles. The predicted octanol–water partition coefficient (Wildman–Crippen LogP) is 1.56. The molecular weight excluding hydrogens is 362 g/mol. The third-order valence-electron chi connectivity index (χ3n) is 6.73. The number of carbonyl (C=O) groups is 2. The van der Waals surface area contributed by atoms with Crippen LogP contribution in [0.25, 0.3) is 0 Å². The third kappa shape index (κ3) is 0.701. The van der Waals surface area contributed by atoms with E-state index in [1.165, 1.54) is 14.2 Å². The molecule has 0 saturated heterocycles. The van der Waals surface area contributed by atoms with Gasteiger partial charge in [0.2, 0.25) is 5.79 Å². The van der Waals surface area contributed by atoms with E-state index >= 15 is 0 Å². The van der Waals surface area contributed by atoms with Crippen molar-refractivity contribution in [1.29, 1.82) is 0 Å². The van der Waals surface area contributed by atoms with E-state index in [2.05, 4.69) is 0 Å². The van der Waals surface area contributed by atoms with Crippen LogP contribution in [0.5, 0.6) is 0 Å². The van der Waals surface area contributed by atoms with Gasteiger partial charge in [-0.1, -0.05) is 0 Å². The number of methoxy groups -OCH3 is 2. The van der Waals surface area contributed by atoms with Crippen molar-refractivity contribution in [2.45, 2.75) is 25.3 Å². The molecule has 5 rings (SSSR count). The van der Waals surface area contributed by atoms with E-state index in [4.69, 9.17) is 55.9 Å². The zero-order chi connectivity index (χ0) is 15.4. The van der Waals surface area contributed by atoms with Gasteiger partial charge in [0, 0.05) is 14.2 Å². The first-order valence-electron chi connectivity index (χ1n) is 6.61. The highest BCUT2D eigenvalue weighted by molar-refractivity contribution is 6.56. The van der Waals surface area contributed by atoms with Crippen molar-refractivity contribution < 1.29 is 19.1 Å². The van der Waals surface area contributed by atoms with Crippen LogP contribution in [-0.2, 0) is 19.1 Å². The maximum absolute atomic E-state index is 12.7. The average molecular weight is 372 g/mol. The summed E-state index contributed by atoms with van der Waals surface area (Å²) in [5, 5.41) is 0. The van der Waals surface area contributed by atoms with Gasteiger partial charge in [0.05, 0.1) is 23.7 Å². The normalized spacial score (nSPS) is 67.3. The van der Waals surface area contributed by atoms with Gasteiger partial charge in [-0.15, -0.1) is 46.4 Å². The summed E-state index contributed by atoms with van der Waals surface area (Å²) in [7, 11) is 2.77. The number of rotatable bonds is 2. The van der Waals surface area contributed by atoms with Crippen molar-refractivity contribution in [2.24, 2.45) is 23.7 Å². The largest absolute Gasteiger partial charge is 0.350 e. The summed E-state index contributed by atoms with van der Waals surface area (Å²) in [6.07, 6.45) is 0. The molecule has 114 valence electrons. The lowest BCUT2D eigenvalue weighted by atomic mass is 9.57. The molecule has 0 N–H and O–H groups in total. The number of halogens is 4. The van der Waals surface area contributed by atoms with Crippen LogP contribution >= 0.6 is 46.4 Å². The second-order valence-corrected chi connectivity index (χ2v) is 8.97. The summed E-state index contributed by atoms with van der Waals surface area (Å²) in [5.74, 6) is -4.86. The second-order valence-electron chi connectivity index (χ2n) is 6.59. The van der Waals surface area contributed by atoms with Crippen molar-refractivity contribution in [1.82, 2.24) is 0 Å². The Hall–Kier alpha value is 0.420. The predicted molar refractivity (Wildman–Crippen MR) is 75.1 cm³/mol. The van der Waals surface area contributed by atoms with Crippen molar-refractivity contribution >= 4 is 58.0 Å². The minimum Gasteiger partial charge on any atom is -0.350 e. The van der Waals surface area contributed by atoms with Crippen molar-refractivity contribution in [3.8, 4) is 0 Å². The lowest BCUT2D eigenvalue weighted by Gasteiger charge is -2.57. The molecule has 4 nitrogen and oxygen atoms in total. The van der Waals surface area contributed by atoms with Crippen LogP contribution in [0.15, 0.2) is 0 Å². The zero-order valence-electron chi connectivity index (χ0n) is 11.0. The Labute approximate surface area is 140 Å². The van der Waals surface area contributed by atoms with Gasteiger partial charge in [0.25, 0.3) is 0 Å². The van der Waals surface area contributed by atoms with Crippen LogP contribution in [-0.4, -0.2) is 51.1 Å². The molecule has 5 saturated carbocycles. The Morgan fingerprint density at radius 2 is 1.00 bits per heavy atom. The van der Waals surface area contributed by atoms with Gasteiger partial charge in [0.1, 0.15) is 31.1 Å². The molecule has 0 amide bonds. The summed E-state index contributed by atoms with van der Waals surface area (Å²) in [6, 6.07) is 0. The smallest absolute Gasteiger partial charge is 0.211 e. The van der Waals surface area contributed by atoms with Crippen molar-refractivity contribution in [3.63, 3.8) is 0 Å². The number of hydrogen-bond donors (Lipinski definition) is 0. The summed E-state index contributed by atoms with van der Waals surface area (Å²) in [4.78, 5) is 19.9. The lowest BCUT2D eigenvalue weighted by Crippen LogP contribution is -2.73. The lowest BCUT2D eigenvalue weighted by molar-refractivity contribution is -0.224. The highest BCUT2D eigenvalue weighted by Crippen LogP contribution is 2.95. The van der Waals surface area contributed by atoms with Gasteiger partial charge in [-0.2, -0.15) is 0 Å². The average Bonchev–Trinajstić information content (AvgIpc) is 2.73. The molecule has 8 heteroatoms. The molecule has 0 aromatic heterocycles. The van der Waals surface area contributed by atoms with Crippen LogP contribution in [0.2, 0.25) is 0 Å². The SMILES string of the molecule is COC1(OC)[C@@]2(Cl)[C@@H]3C(=O)[C@@H]4[C@H]5C(=O)[C@@H]3[C@@]1(Cl)[C@]5(Cl)[C@]42Cl. The highest BCUT2D eigenvalue weighted by Gasteiger charge is 3.12. The molecule has 0 radical (unpaired) electrons. The summed E-state index contributed by atoms with van der Waals surface area (Å²) < 4.78 is 11.2. The number of ether oxygens (including phenoxy) is 2. The topological polar surface area (TPSA) is 52.6 Å². The number of hydrogen-bond acceptors (Lipinski definition) is 4. The molecule has 5 fully saturated rings. The van der Waals surface area contributed by atoms with E-state index in [-0.39, 0.29) is 11.6 Å². The molecule has 0 spiro atoms. The number of fused-ring (bicyclic) bond motifs is 2. The molecule has 21 heavy (non-hydrogen) atoms. The van der Waals surface area contributed by atoms with E-state index in [1.807, 2.05) is 0 Å². The molecule has 8 atom stereocenters. The zero-order valence-corrected chi connectivity index (χ0v) is 14.0. The minimum atomic E-state index is -1.58. The van der Waals surface area contributed by atoms with Crippen LogP contribution in [0, 0.1) is 23.7 Å². The van der Waals surface area contributed by atoms with Gasteiger partial charge in [-0.05, 0) is 0 Å². The Bertz CT molecular complexity index is 613. The van der Waals surface area contributed by atoms with E-state index in [0.29, 0.717) is 0 Å². The van der Waals surface area contributed by atoms with Crippen LogP contribution in [0.1, 0.15) is 0 Å². The quantitative estimate of drug-likeness (QED) is 0.546. The fourth-order valence-corrected chi connectivity index (χ4v) is 9.60. The van der Waals surface area contributed by atoms with E-state index in [1.54, 1.807) is 0 Å². The summed E-state index contributed by atoms with van der Waals surface area (Å²) in [6.45, 7) is 0. The van der Waals surface area contributed by atoms with Gasteiger partial charge >= 0.3 is 0 Å². The fraction of sp³-hybridized carbons (Fsp3) is 0.846. The highest BCUT2D eigenvalue weighted by atomic mass is 35.5. The maximum atomic E-state index is 12.7. The summed E-state index contributed by atoms with van der Waals surface area (Å²) >= 11 is 27.4. The first kappa shape index (κ1) is 13.8. The number of carbonyl (C=O) groups excluding carboxylic acids is 2. The Morgan fingerprint density at radius 1 is 0.714 bits per heavy atom. The van der Waals surface area contributed by atoms with E-state index in [0.717, 1.165) is 0 Å². The molecule has 0 aromatic carbocycles. The first-order valence-corrected chi connectivity index (χ1v) is 8.13. The Balaban J connectivity index is 1.99. The Kier molecular flexibility index (Phi) is 1.99. The van der Waals surface area contributed by atoms with Crippen molar-refractivity contribution in [3.05, 3.63) is 0 Å². The third-order valence-corrected chi connectivity index (χ3v) is 10.2. The molecule has 0 aromatic rings. The molecule has 0 unspecified atom stereocenters. The van der Waals surface area contributed by atoms with Gasteiger partial charge in [-0.25, -0.2) is 0 Å². The summed E-state index contributed by atoms with van der Waals surface area (Å²) in [5.41, 5.74) is 0. The van der Waals surface area contributed by atoms with Gasteiger partial charge in [0.15, 0.2) is 0 Å². The molecule has 0 aliphatic heterocycles. The standard InChI is InChI=1S/C13H10Cl4O4/c1-20-13(21-2)11(16)5-6-8(19)4-3(7(5)18)9(11,14)10(4,15)12(6,13)17/h3-6H,1-2H3/t3-,4-,5-,6+,9+,10+,11+,12+/m0/s1. The minimum absolute atomic E-state index is 0.135.